The average Bonchev–Trinajstić information content (AvgIpc) is 3.56. The van der Waals surface area contributed by atoms with Gasteiger partial charge in [-0.25, -0.2) is 14.5 Å². The number of pyridine rings is 1. The molecule has 4 aromatic heterocycles. The summed E-state index contributed by atoms with van der Waals surface area (Å²) in [7, 11) is 1.37. The fourth-order valence-electron chi connectivity index (χ4n) is 3.48. The minimum Gasteiger partial charge on any atom is -0.353 e. The van der Waals surface area contributed by atoms with E-state index in [0.29, 0.717) is 22.8 Å². The van der Waals surface area contributed by atoms with Crippen molar-refractivity contribution in [2.24, 2.45) is 0 Å². The molecule has 1 amide bonds. The number of halogens is 1. The van der Waals surface area contributed by atoms with Crippen LogP contribution in [0.2, 0.25) is 0 Å². The van der Waals surface area contributed by atoms with Crippen LogP contribution in [0, 0.1) is 6.92 Å². The summed E-state index contributed by atoms with van der Waals surface area (Å²) in [6.07, 6.45) is 6.68. The Morgan fingerprint density at radius 1 is 1.19 bits per heavy atom. The molecule has 37 heavy (non-hydrogen) atoms. The second-order valence-electron chi connectivity index (χ2n) is 7.60. The number of carbonyl (C=O) groups excluding carboxylic acids is 1. The number of fused-ring (bicyclic) bond motifs is 1. The SMILES string of the molecule is CC.CCOSI.Cc1ccc(-n2nc(N3CCNCC3)cc2NC(=O)c2cnn3cccnc23)nc1. The molecule has 0 bridgehead atoms. The average molecular weight is 638 g/mol. The van der Waals surface area contributed by atoms with Crippen LogP contribution in [0.1, 0.15) is 36.7 Å². The monoisotopic (exact) mass is 637 g/mol. The number of hydrogen-bond donors (Lipinski definition) is 2. The molecular formula is C24H32IN9O2S. The smallest absolute Gasteiger partial charge is 0.262 e. The first-order chi connectivity index (χ1) is 18.1. The molecule has 1 aliphatic heterocycles. The van der Waals surface area contributed by atoms with Gasteiger partial charge in [0.25, 0.3) is 5.91 Å². The number of aromatic nitrogens is 6. The van der Waals surface area contributed by atoms with E-state index in [1.807, 2.05) is 45.9 Å². The number of carbonyl (C=O) groups is 1. The molecule has 0 atom stereocenters. The van der Waals surface area contributed by atoms with E-state index < -0.39 is 0 Å². The van der Waals surface area contributed by atoms with Gasteiger partial charge in [0, 0.05) is 72.0 Å². The maximum atomic E-state index is 13.0. The summed E-state index contributed by atoms with van der Waals surface area (Å²) >= 11 is 2.08. The molecule has 2 N–H and O–H groups in total. The topological polar surface area (TPSA) is 114 Å². The van der Waals surface area contributed by atoms with Crippen molar-refractivity contribution >= 4 is 53.6 Å². The van der Waals surface area contributed by atoms with Crippen molar-refractivity contribution in [3.63, 3.8) is 0 Å². The van der Waals surface area contributed by atoms with E-state index in [1.165, 1.54) is 15.4 Å². The second-order valence-corrected chi connectivity index (χ2v) is 9.04. The number of rotatable bonds is 6. The quantitative estimate of drug-likeness (QED) is 0.236. The molecule has 13 heteroatoms. The molecular weight excluding hydrogens is 605 g/mol. The molecule has 0 aromatic carbocycles. The number of hydrogen-bond acceptors (Lipinski definition) is 9. The molecule has 11 nitrogen and oxygen atoms in total. The van der Waals surface area contributed by atoms with Crippen LogP contribution in [0.5, 0.6) is 0 Å². The van der Waals surface area contributed by atoms with Gasteiger partial charge in [-0.2, -0.15) is 9.78 Å². The van der Waals surface area contributed by atoms with Gasteiger partial charge < -0.3 is 19.7 Å². The van der Waals surface area contributed by atoms with Gasteiger partial charge in [0.1, 0.15) is 11.4 Å². The highest BCUT2D eigenvalue weighted by Gasteiger charge is 2.21. The summed E-state index contributed by atoms with van der Waals surface area (Å²) in [5.74, 6) is 1.67. The summed E-state index contributed by atoms with van der Waals surface area (Å²) in [4.78, 5) is 24.0. The summed E-state index contributed by atoms with van der Waals surface area (Å²) in [5, 5.41) is 15.2. The largest absolute Gasteiger partial charge is 0.353 e. The molecule has 5 rings (SSSR count). The second kappa shape index (κ2) is 14.9. The molecule has 4 aromatic rings. The number of nitrogens with one attached hydrogen (secondary N) is 2. The highest BCUT2D eigenvalue weighted by molar-refractivity contribution is 14.2. The van der Waals surface area contributed by atoms with Gasteiger partial charge in [-0.3, -0.25) is 4.79 Å². The normalized spacial score (nSPS) is 12.8. The molecule has 0 radical (unpaired) electrons. The van der Waals surface area contributed by atoms with E-state index in [2.05, 4.69) is 51.8 Å². The number of aryl methyl sites for hydroxylation is 1. The van der Waals surface area contributed by atoms with Gasteiger partial charge in [0.2, 0.25) is 0 Å². The van der Waals surface area contributed by atoms with Crippen LogP contribution in [0.25, 0.3) is 11.5 Å². The first-order valence-electron chi connectivity index (χ1n) is 12.1. The minimum absolute atomic E-state index is 0.302. The van der Waals surface area contributed by atoms with E-state index in [0.717, 1.165) is 44.2 Å². The summed E-state index contributed by atoms with van der Waals surface area (Å²) in [6, 6.07) is 7.50. The molecule has 1 saturated heterocycles. The van der Waals surface area contributed by atoms with Crippen molar-refractivity contribution < 1.29 is 8.98 Å². The van der Waals surface area contributed by atoms with Crippen molar-refractivity contribution in [3.05, 3.63) is 60.2 Å². The Labute approximate surface area is 233 Å². The molecule has 0 saturated carbocycles. The van der Waals surface area contributed by atoms with Crippen LogP contribution in [0.15, 0.2) is 49.1 Å². The third kappa shape index (κ3) is 7.63. The van der Waals surface area contributed by atoms with Crippen molar-refractivity contribution in [1.82, 2.24) is 34.7 Å². The third-order valence-corrected chi connectivity index (χ3v) is 6.27. The maximum Gasteiger partial charge on any atom is 0.262 e. The Bertz CT molecular complexity index is 1250. The van der Waals surface area contributed by atoms with E-state index in [-0.39, 0.29) is 5.91 Å². The van der Waals surface area contributed by atoms with E-state index in [9.17, 15) is 4.79 Å². The highest BCUT2D eigenvalue weighted by Crippen LogP contribution is 2.23. The fraction of sp³-hybridized carbons (Fsp3) is 0.375. The van der Waals surface area contributed by atoms with Crippen molar-refractivity contribution in [1.29, 1.82) is 0 Å². The molecule has 1 fully saturated rings. The fourth-order valence-corrected chi connectivity index (χ4v) is 4.33. The van der Waals surface area contributed by atoms with Gasteiger partial charge in [-0.05, 0) is 31.5 Å². The number of nitrogens with zero attached hydrogens (tertiary/aromatic N) is 7. The first-order valence-corrected chi connectivity index (χ1v) is 15.4. The van der Waals surface area contributed by atoms with Crippen molar-refractivity contribution in [3.8, 4) is 5.82 Å². The van der Waals surface area contributed by atoms with Crippen LogP contribution in [0.4, 0.5) is 11.6 Å². The standard InChI is InChI=1S/C20H21N9O.C2H5IOS.C2H6/c1-14-3-4-16(23-12-14)29-17(11-18(26-29)27-9-6-21-7-10-27)25-20(30)15-13-24-28-8-2-5-22-19(15)28;1-2-4-5-3;1-2/h2-5,8,11-13,21H,6-7,9-10H2,1H3,(H,25,30);2H2,1H3;1-2H3. The molecule has 0 aliphatic carbocycles. The lowest BCUT2D eigenvalue weighted by atomic mass is 10.3. The predicted octanol–water partition coefficient (Wildman–Crippen LogP) is 4.33. The third-order valence-electron chi connectivity index (χ3n) is 5.18. The van der Waals surface area contributed by atoms with Crippen LogP contribution in [-0.4, -0.2) is 68.1 Å². The van der Waals surface area contributed by atoms with E-state index in [1.54, 1.807) is 33.9 Å². The Morgan fingerprint density at radius 2 is 1.97 bits per heavy atom. The Hall–Kier alpha value is -2.75. The van der Waals surface area contributed by atoms with Crippen LogP contribution in [0.3, 0.4) is 0 Å². The molecule has 5 heterocycles. The lowest BCUT2D eigenvalue weighted by Gasteiger charge is -2.26. The minimum atomic E-state index is -0.302. The lowest BCUT2D eigenvalue weighted by molar-refractivity contribution is 0.102. The van der Waals surface area contributed by atoms with Gasteiger partial charge >= 0.3 is 0 Å². The lowest BCUT2D eigenvalue weighted by Crippen LogP contribution is -2.43. The summed E-state index contributed by atoms with van der Waals surface area (Å²) in [6.45, 7) is 12.2. The number of anilines is 2. The highest BCUT2D eigenvalue weighted by atomic mass is 127. The van der Waals surface area contributed by atoms with Crippen LogP contribution < -0.4 is 15.5 Å². The Balaban J connectivity index is 0.000000489. The van der Waals surface area contributed by atoms with Crippen molar-refractivity contribution in [2.45, 2.75) is 27.7 Å². The number of amides is 1. The molecule has 1 aliphatic rings. The van der Waals surface area contributed by atoms with E-state index >= 15 is 0 Å². The zero-order valence-electron chi connectivity index (χ0n) is 21.4. The Morgan fingerprint density at radius 3 is 2.62 bits per heavy atom. The van der Waals surface area contributed by atoms with Crippen LogP contribution >= 0.6 is 30.4 Å². The maximum absolute atomic E-state index is 13.0. The number of piperazine rings is 1. The molecule has 0 spiro atoms. The van der Waals surface area contributed by atoms with Crippen molar-refractivity contribution in [2.75, 3.05) is 43.0 Å². The zero-order valence-corrected chi connectivity index (χ0v) is 24.4. The van der Waals surface area contributed by atoms with Gasteiger partial charge in [-0.15, -0.1) is 5.10 Å². The van der Waals surface area contributed by atoms with Gasteiger partial charge in [-0.1, -0.05) is 19.9 Å². The van der Waals surface area contributed by atoms with Crippen LogP contribution in [-0.2, 0) is 4.18 Å². The van der Waals surface area contributed by atoms with Gasteiger partial charge in [0.15, 0.2) is 17.3 Å². The van der Waals surface area contributed by atoms with Gasteiger partial charge in [0.05, 0.1) is 22.0 Å². The molecule has 198 valence electrons. The first kappa shape index (κ1) is 28.8. The van der Waals surface area contributed by atoms with E-state index in [4.69, 9.17) is 9.28 Å². The summed E-state index contributed by atoms with van der Waals surface area (Å²) < 4.78 is 7.97. The predicted molar refractivity (Wildman–Crippen MR) is 157 cm³/mol. The summed E-state index contributed by atoms with van der Waals surface area (Å²) in [5.41, 5.74) is 1.94. The Kier molecular flexibility index (Phi) is 11.6. The zero-order chi connectivity index (χ0) is 26.6. The molecule has 0 unspecified atom stereocenters.